The van der Waals surface area contributed by atoms with Crippen molar-refractivity contribution >= 4 is 19.1 Å². The van der Waals surface area contributed by atoms with Gasteiger partial charge in [0.15, 0.2) is 0 Å². The first-order valence-electron chi connectivity index (χ1n) is 13.0. The van der Waals surface area contributed by atoms with Crippen LogP contribution in [0.3, 0.4) is 0 Å². The molecule has 186 valence electrons. The highest BCUT2D eigenvalue weighted by atomic mass is 28.4. The van der Waals surface area contributed by atoms with Crippen LogP contribution in [0.25, 0.3) is 27.7 Å². The monoisotopic (exact) mass is 495 g/mol. The fourth-order valence-corrected chi connectivity index (χ4v) is 6.07. The van der Waals surface area contributed by atoms with Crippen LogP contribution in [-0.4, -0.2) is 12.9 Å². The zero-order chi connectivity index (χ0) is 26.0. The standard InChI is InChI=1S/C32H37NO2Si/c1-20-9-15-26-23(17-20)10-16-27-28-18-21(2)22(3)19-29(28)31(34)33(30(26)27)24-11-13-25(14-12-24)35-36(7,8)32(4,5)6/h9,11-15,17-19H,10,16H2,1-8H3. The van der Waals surface area contributed by atoms with Crippen LogP contribution in [0.15, 0.2) is 59.4 Å². The molecular weight excluding hydrogens is 458 g/mol. The van der Waals surface area contributed by atoms with E-state index in [0.717, 1.165) is 46.3 Å². The summed E-state index contributed by atoms with van der Waals surface area (Å²) in [6.45, 7) is 17.6. The molecule has 0 saturated heterocycles. The molecule has 0 saturated carbocycles. The van der Waals surface area contributed by atoms with Crippen LogP contribution in [0.2, 0.25) is 18.1 Å². The number of rotatable bonds is 3. The molecule has 0 spiro atoms. The third-order valence-electron chi connectivity index (χ3n) is 8.34. The maximum atomic E-state index is 14.1. The van der Waals surface area contributed by atoms with Crippen LogP contribution in [0, 0.1) is 20.8 Å². The molecule has 36 heavy (non-hydrogen) atoms. The molecular formula is C32H37NO2Si. The minimum absolute atomic E-state index is 0.0401. The van der Waals surface area contributed by atoms with Crippen molar-refractivity contribution in [1.29, 1.82) is 0 Å². The van der Waals surface area contributed by atoms with Gasteiger partial charge >= 0.3 is 0 Å². The van der Waals surface area contributed by atoms with Gasteiger partial charge < -0.3 is 4.43 Å². The first-order valence-corrected chi connectivity index (χ1v) is 15.9. The molecule has 0 bridgehead atoms. The number of hydrogen-bond acceptors (Lipinski definition) is 2. The lowest BCUT2D eigenvalue weighted by atomic mass is 9.84. The average Bonchev–Trinajstić information content (AvgIpc) is 2.80. The number of aryl methyl sites for hydroxylation is 5. The maximum Gasteiger partial charge on any atom is 0.263 e. The van der Waals surface area contributed by atoms with E-state index in [2.05, 4.69) is 85.0 Å². The van der Waals surface area contributed by atoms with Crippen LogP contribution in [0.1, 0.15) is 48.6 Å². The molecule has 0 fully saturated rings. The molecule has 1 aliphatic carbocycles. The van der Waals surface area contributed by atoms with Gasteiger partial charge in [0.2, 0.25) is 8.32 Å². The lowest BCUT2D eigenvalue weighted by Gasteiger charge is -2.36. The molecule has 1 aliphatic rings. The van der Waals surface area contributed by atoms with Crippen molar-refractivity contribution in [2.24, 2.45) is 0 Å². The highest BCUT2D eigenvalue weighted by Gasteiger charge is 2.39. The second-order valence-corrected chi connectivity index (χ2v) is 16.7. The van der Waals surface area contributed by atoms with E-state index in [1.54, 1.807) is 0 Å². The number of nitrogens with zero attached hydrogens (tertiary/aromatic N) is 1. The van der Waals surface area contributed by atoms with Crippen LogP contribution in [-0.2, 0) is 12.8 Å². The maximum absolute atomic E-state index is 14.1. The van der Waals surface area contributed by atoms with Crippen LogP contribution in [0.5, 0.6) is 5.75 Å². The van der Waals surface area contributed by atoms with Gasteiger partial charge in [0.1, 0.15) is 5.75 Å². The molecule has 0 N–H and O–H groups in total. The Hall–Kier alpha value is -3.11. The molecule has 1 aromatic heterocycles. The number of fused-ring (bicyclic) bond motifs is 5. The van der Waals surface area contributed by atoms with Crippen molar-refractivity contribution in [2.75, 3.05) is 0 Å². The number of pyridine rings is 1. The average molecular weight is 496 g/mol. The van der Waals surface area contributed by atoms with Gasteiger partial charge in [0, 0.05) is 16.6 Å². The van der Waals surface area contributed by atoms with E-state index >= 15 is 0 Å². The molecule has 3 aromatic carbocycles. The van der Waals surface area contributed by atoms with Crippen molar-refractivity contribution in [3.63, 3.8) is 0 Å². The summed E-state index contributed by atoms with van der Waals surface area (Å²) in [6, 6.07) is 19.0. The quantitative estimate of drug-likeness (QED) is 0.269. The molecule has 0 unspecified atom stereocenters. The fourth-order valence-electron chi connectivity index (χ4n) is 5.04. The van der Waals surface area contributed by atoms with Gasteiger partial charge in [-0.3, -0.25) is 9.36 Å². The predicted octanol–water partition coefficient (Wildman–Crippen LogP) is 8.07. The van der Waals surface area contributed by atoms with E-state index in [1.807, 2.05) is 28.8 Å². The second-order valence-electron chi connectivity index (χ2n) is 12.0. The highest BCUT2D eigenvalue weighted by Crippen LogP contribution is 2.40. The summed E-state index contributed by atoms with van der Waals surface area (Å²) < 4.78 is 8.46. The Bertz CT molecular complexity index is 1550. The summed E-state index contributed by atoms with van der Waals surface area (Å²) in [7, 11) is -1.95. The van der Waals surface area contributed by atoms with Gasteiger partial charge in [-0.2, -0.15) is 0 Å². The lowest BCUT2D eigenvalue weighted by Crippen LogP contribution is -2.43. The SMILES string of the molecule is Cc1ccc2c(c1)CCc1c-2n(-c2ccc(O[Si](C)(C)C(C)(C)C)cc2)c(=O)c2cc(C)c(C)cc12. The largest absolute Gasteiger partial charge is 0.544 e. The Labute approximate surface area is 215 Å². The Morgan fingerprint density at radius 1 is 0.833 bits per heavy atom. The Morgan fingerprint density at radius 3 is 2.11 bits per heavy atom. The van der Waals surface area contributed by atoms with Crippen LogP contribution in [0.4, 0.5) is 0 Å². The molecule has 3 nitrogen and oxygen atoms in total. The van der Waals surface area contributed by atoms with Crippen molar-refractivity contribution in [1.82, 2.24) is 4.57 Å². The van der Waals surface area contributed by atoms with Crippen molar-refractivity contribution in [3.8, 4) is 22.7 Å². The minimum Gasteiger partial charge on any atom is -0.544 e. The predicted molar refractivity (Wildman–Crippen MR) is 154 cm³/mol. The van der Waals surface area contributed by atoms with E-state index < -0.39 is 8.32 Å². The summed E-state index contributed by atoms with van der Waals surface area (Å²) in [5.74, 6) is 0.871. The van der Waals surface area contributed by atoms with Gasteiger partial charge in [-0.05, 0) is 110 Å². The van der Waals surface area contributed by atoms with Gasteiger partial charge in [0.25, 0.3) is 5.56 Å². The van der Waals surface area contributed by atoms with E-state index in [1.165, 1.54) is 27.8 Å². The Morgan fingerprint density at radius 2 is 1.47 bits per heavy atom. The highest BCUT2D eigenvalue weighted by molar-refractivity contribution is 6.74. The van der Waals surface area contributed by atoms with Gasteiger partial charge in [-0.1, -0.05) is 50.6 Å². The normalized spacial score (nSPS) is 13.4. The van der Waals surface area contributed by atoms with Crippen molar-refractivity contribution < 1.29 is 4.43 Å². The summed E-state index contributed by atoms with van der Waals surface area (Å²) >= 11 is 0. The first kappa shape index (κ1) is 24.6. The van der Waals surface area contributed by atoms with E-state index in [4.69, 9.17) is 4.43 Å². The van der Waals surface area contributed by atoms with Crippen LogP contribution >= 0.6 is 0 Å². The molecule has 0 aliphatic heterocycles. The van der Waals surface area contributed by atoms with Crippen molar-refractivity contribution in [3.05, 3.63) is 92.8 Å². The molecule has 1 heterocycles. The number of hydrogen-bond donors (Lipinski definition) is 0. The van der Waals surface area contributed by atoms with Crippen LogP contribution < -0.4 is 9.99 Å². The first-order chi connectivity index (χ1) is 16.9. The molecule has 4 heteroatoms. The van der Waals surface area contributed by atoms with Gasteiger partial charge in [0.05, 0.1) is 5.69 Å². The summed E-state index contributed by atoms with van der Waals surface area (Å²) in [4.78, 5) is 14.1. The summed E-state index contributed by atoms with van der Waals surface area (Å²) in [5, 5.41) is 2.02. The molecule has 0 radical (unpaired) electrons. The van der Waals surface area contributed by atoms with E-state index in [9.17, 15) is 4.79 Å². The Balaban J connectivity index is 1.75. The molecule has 0 atom stereocenters. The topological polar surface area (TPSA) is 31.2 Å². The third-order valence-corrected chi connectivity index (χ3v) is 12.7. The fraction of sp³-hybridized carbons (Fsp3) is 0.344. The molecule has 0 amide bonds. The number of benzene rings is 3. The van der Waals surface area contributed by atoms with Crippen molar-refractivity contribution in [2.45, 2.75) is 72.5 Å². The van der Waals surface area contributed by atoms with E-state index in [0.29, 0.717) is 0 Å². The van der Waals surface area contributed by atoms with Gasteiger partial charge in [-0.15, -0.1) is 0 Å². The van der Waals surface area contributed by atoms with Gasteiger partial charge in [-0.25, -0.2) is 0 Å². The molecule has 5 rings (SSSR count). The molecule has 4 aromatic rings. The number of aromatic nitrogens is 1. The van der Waals surface area contributed by atoms with E-state index in [-0.39, 0.29) is 10.6 Å². The second kappa shape index (κ2) is 8.48. The third kappa shape index (κ3) is 4.02. The lowest BCUT2D eigenvalue weighted by molar-refractivity contribution is 0.492. The Kier molecular flexibility index (Phi) is 5.79. The zero-order valence-electron chi connectivity index (χ0n) is 22.9. The minimum atomic E-state index is -1.95. The smallest absolute Gasteiger partial charge is 0.263 e. The summed E-state index contributed by atoms with van der Waals surface area (Å²) in [6.07, 6.45) is 1.92. The zero-order valence-corrected chi connectivity index (χ0v) is 23.9. The summed E-state index contributed by atoms with van der Waals surface area (Å²) in [5.41, 5.74) is 9.34.